The van der Waals surface area contributed by atoms with Crippen LogP contribution in [0.2, 0.25) is 0 Å². The van der Waals surface area contributed by atoms with Crippen molar-refractivity contribution in [3.8, 4) is 0 Å². The van der Waals surface area contributed by atoms with E-state index in [0.29, 0.717) is 29.3 Å². The van der Waals surface area contributed by atoms with Crippen LogP contribution in [-0.4, -0.2) is 65.1 Å². The molecule has 0 saturated carbocycles. The zero-order chi connectivity index (χ0) is 17.4. The molecule has 1 aliphatic rings. The van der Waals surface area contributed by atoms with Crippen molar-refractivity contribution in [2.45, 2.75) is 30.0 Å². The number of halogens is 1. The van der Waals surface area contributed by atoms with Gasteiger partial charge in [-0.2, -0.15) is 0 Å². The van der Waals surface area contributed by atoms with E-state index >= 15 is 0 Å². The Kier molecular flexibility index (Phi) is 10.2. The van der Waals surface area contributed by atoms with Crippen molar-refractivity contribution < 1.29 is 8.42 Å². The lowest BCUT2D eigenvalue weighted by Gasteiger charge is -2.24. The van der Waals surface area contributed by atoms with Crippen LogP contribution < -0.4 is 15.4 Å². The summed E-state index contributed by atoms with van der Waals surface area (Å²) in [7, 11) is -1.68. The second-order valence-electron chi connectivity index (χ2n) is 5.63. The molecule has 0 bridgehead atoms. The van der Waals surface area contributed by atoms with Crippen molar-refractivity contribution >= 4 is 51.3 Å². The van der Waals surface area contributed by atoms with Gasteiger partial charge in [0.15, 0.2) is 5.96 Å². The molecule has 1 fully saturated rings. The fourth-order valence-corrected chi connectivity index (χ4v) is 4.90. The third-order valence-electron chi connectivity index (χ3n) is 4.10. The lowest BCUT2D eigenvalue weighted by atomic mass is 10.2. The molecule has 1 atom stereocenters. The molecule has 3 N–H and O–H groups in total. The van der Waals surface area contributed by atoms with Crippen molar-refractivity contribution in [2.24, 2.45) is 4.99 Å². The standard InChI is InChI=1S/C15H27N5O2S2.HI/c1-3-20-10-4-6-13(20)12-18-15(16-2)17-8-9-19-24(21,22)14-7-5-11-23-14;/h5,7,11,13,19H,3-4,6,8-10,12H2,1-2H3,(H2,16,17,18);1H. The van der Waals surface area contributed by atoms with Crippen LogP contribution in [0.4, 0.5) is 0 Å². The molecule has 0 radical (unpaired) electrons. The minimum atomic E-state index is -3.40. The molecule has 144 valence electrons. The van der Waals surface area contributed by atoms with Crippen molar-refractivity contribution in [3.05, 3.63) is 17.5 Å². The summed E-state index contributed by atoms with van der Waals surface area (Å²) in [5.41, 5.74) is 0. The molecule has 0 aromatic carbocycles. The maximum atomic E-state index is 12.0. The summed E-state index contributed by atoms with van der Waals surface area (Å²) < 4.78 is 26.9. The number of nitrogens with one attached hydrogen (secondary N) is 3. The van der Waals surface area contributed by atoms with Gasteiger partial charge in [0.2, 0.25) is 10.0 Å². The van der Waals surface area contributed by atoms with Gasteiger partial charge >= 0.3 is 0 Å². The van der Waals surface area contributed by atoms with Crippen LogP contribution in [0.25, 0.3) is 0 Å². The number of hydrogen-bond donors (Lipinski definition) is 3. The number of hydrogen-bond acceptors (Lipinski definition) is 5. The Bertz CT molecular complexity index is 622. The van der Waals surface area contributed by atoms with Gasteiger partial charge in [0.05, 0.1) is 0 Å². The second kappa shape index (κ2) is 11.3. The predicted octanol–water partition coefficient (Wildman–Crippen LogP) is 1.29. The van der Waals surface area contributed by atoms with E-state index in [9.17, 15) is 8.42 Å². The number of aliphatic imine (C=N–C) groups is 1. The van der Waals surface area contributed by atoms with Gasteiger partial charge in [-0.1, -0.05) is 13.0 Å². The highest BCUT2D eigenvalue weighted by atomic mass is 127. The molecule has 10 heteroatoms. The average molecular weight is 501 g/mol. The van der Waals surface area contributed by atoms with E-state index in [4.69, 9.17) is 0 Å². The Morgan fingerprint density at radius 2 is 2.20 bits per heavy atom. The highest BCUT2D eigenvalue weighted by Gasteiger charge is 2.22. The molecule has 2 heterocycles. The fourth-order valence-electron chi connectivity index (χ4n) is 2.83. The summed E-state index contributed by atoms with van der Waals surface area (Å²) in [5.74, 6) is 0.702. The third kappa shape index (κ3) is 7.00. The van der Waals surface area contributed by atoms with Gasteiger partial charge in [0, 0.05) is 32.7 Å². The number of guanidine groups is 1. The first-order valence-electron chi connectivity index (χ1n) is 8.28. The highest BCUT2D eigenvalue weighted by molar-refractivity contribution is 14.0. The molecule has 1 aromatic rings. The monoisotopic (exact) mass is 501 g/mol. The molecule has 0 aliphatic carbocycles. The molecule has 1 aromatic heterocycles. The van der Waals surface area contributed by atoms with E-state index in [-0.39, 0.29) is 24.0 Å². The summed E-state index contributed by atoms with van der Waals surface area (Å²) in [6.07, 6.45) is 2.45. The molecule has 25 heavy (non-hydrogen) atoms. The zero-order valence-electron chi connectivity index (χ0n) is 14.7. The van der Waals surface area contributed by atoms with E-state index < -0.39 is 10.0 Å². The van der Waals surface area contributed by atoms with Gasteiger partial charge in [0.1, 0.15) is 4.21 Å². The number of thiophene rings is 1. The summed E-state index contributed by atoms with van der Waals surface area (Å²) in [5, 5.41) is 8.22. The van der Waals surface area contributed by atoms with Gasteiger partial charge in [-0.25, -0.2) is 13.1 Å². The number of likely N-dealkylation sites (N-methyl/N-ethyl adjacent to an activating group) is 1. The molecule has 1 saturated heterocycles. The molecule has 0 spiro atoms. The topological polar surface area (TPSA) is 85.8 Å². The maximum absolute atomic E-state index is 12.0. The van der Waals surface area contributed by atoms with Crippen LogP contribution in [0.15, 0.2) is 26.7 Å². The number of nitrogens with zero attached hydrogens (tertiary/aromatic N) is 2. The first kappa shape index (κ1) is 22.6. The maximum Gasteiger partial charge on any atom is 0.250 e. The van der Waals surface area contributed by atoms with Crippen LogP contribution in [0.1, 0.15) is 19.8 Å². The van der Waals surface area contributed by atoms with Gasteiger partial charge in [-0.15, -0.1) is 35.3 Å². The summed E-state index contributed by atoms with van der Waals surface area (Å²) in [6, 6.07) is 3.87. The third-order valence-corrected chi connectivity index (χ3v) is 6.96. The Balaban J connectivity index is 0.00000312. The van der Waals surface area contributed by atoms with Crippen molar-refractivity contribution in [1.29, 1.82) is 0 Å². The van der Waals surface area contributed by atoms with Gasteiger partial charge < -0.3 is 10.6 Å². The number of likely N-dealkylation sites (tertiary alicyclic amines) is 1. The largest absolute Gasteiger partial charge is 0.355 e. The Hall–Kier alpha value is -0.430. The van der Waals surface area contributed by atoms with E-state index in [1.54, 1.807) is 24.6 Å². The molecule has 1 unspecified atom stereocenters. The molecule has 2 rings (SSSR count). The SMILES string of the molecule is CCN1CCCC1CNC(=NC)NCCNS(=O)(=O)c1cccs1.I. The van der Waals surface area contributed by atoms with Crippen LogP contribution in [0.5, 0.6) is 0 Å². The van der Waals surface area contributed by atoms with Crippen LogP contribution in [0.3, 0.4) is 0 Å². The molecular weight excluding hydrogens is 473 g/mol. The summed E-state index contributed by atoms with van der Waals surface area (Å²) in [6.45, 7) is 6.07. The van der Waals surface area contributed by atoms with Crippen molar-refractivity contribution in [2.75, 3.05) is 39.8 Å². The first-order chi connectivity index (χ1) is 11.6. The minimum Gasteiger partial charge on any atom is -0.355 e. The van der Waals surface area contributed by atoms with E-state index in [2.05, 4.69) is 32.2 Å². The lowest BCUT2D eigenvalue weighted by Crippen LogP contribution is -2.46. The molecule has 1 aliphatic heterocycles. The van der Waals surface area contributed by atoms with Crippen molar-refractivity contribution in [3.63, 3.8) is 0 Å². The van der Waals surface area contributed by atoms with Crippen molar-refractivity contribution in [1.82, 2.24) is 20.3 Å². The number of rotatable bonds is 8. The zero-order valence-corrected chi connectivity index (χ0v) is 18.7. The lowest BCUT2D eigenvalue weighted by molar-refractivity contribution is 0.267. The van der Waals surface area contributed by atoms with Crippen LogP contribution in [-0.2, 0) is 10.0 Å². The fraction of sp³-hybridized carbons (Fsp3) is 0.667. The molecular formula is C15H28IN5O2S2. The molecule has 7 nitrogen and oxygen atoms in total. The predicted molar refractivity (Wildman–Crippen MR) is 115 cm³/mol. The smallest absolute Gasteiger partial charge is 0.250 e. The summed E-state index contributed by atoms with van der Waals surface area (Å²) in [4.78, 5) is 6.65. The highest BCUT2D eigenvalue weighted by Crippen LogP contribution is 2.15. The average Bonchev–Trinajstić information content (AvgIpc) is 3.25. The van der Waals surface area contributed by atoms with E-state index in [1.165, 1.54) is 30.7 Å². The normalized spacial score (nSPS) is 18.8. The number of sulfonamides is 1. The Morgan fingerprint density at radius 3 is 2.84 bits per heavy atom. The Morgan fingerprint density at radius 1 is 1.40 bits per heavy atom. The first-order valence-corrected chi connectivity index (χ1v) is 10.6. The van der Waals surface area contributed by atoms with E-state index in [1.807, 2.05) is 0 Å². The van der Waals surface area contributed by atoms with Gasteiger partial charge in [-0.3, -0.25) is 9.89 Å². The summed E-state index contributed by atoms with van der Waals surface area (Å²) >= 11 is 1.21. The van der Waals surface area contributed by atoms with Crippen LogP contribution in [0, 0.1) is 0 Å². The second-order valence-corrected chi connectivity index (χ2v) is 8.58. The van der Waals surface area contributed by atoms with Crippen LogP contribution >= 0.6 is 35.3 Å². The Labute approximate surface area is 171 Å². The van der Waals surface area contributed by atoms with Gasteiger partial charge in [0.25, 0.3) is 0 Å². The molecule has 0 amide bonds. The van der Waals surface area contributed by atoms with E-state index in [0.717, 1.165) is 13.1 Å². The quantitative estimate of drug-likeness (QED) is 0.217. The minimum absolute atomic E-state index is 0. The van der Waals surface area contributed by atoms with Gasteiger partial charge in [-0.05, 0) is 37.4 Å².